The van der Waals surface area contributed by atoms with Gasteiger partial charge in [0.05, 0.1) is 11.8 Å². The fourth-order valence-electron chi connectivity index (χ4n) is 3.71. The number of amides is 1. The first-order valence-corrected chi connectivity index (χ1v) is 7.92. The molecule has 6 heteroatoms. The zero-order chi connectivity index (χ0) is 16.0. The van der Waals surface area contributed by atoms with E-state index < -0.39 is 11.2 Å². The third-order valence-electron chi connectivity index (χ3n) is 4.58. The van der Waals surface area contributed by atoms with E-state index in [4.69, 9.17) is 9.26 Å². The van der Waals surface area contributed by atoms with Crippen LogP contribution in [0.25, 0.3) is 0 Å². The molecular formula is C16H24N2O4. The number of hydrogen-bond donors (Lipinski definition) is 1. The van der Waals surface area contributed by atoms with Crippen LogP contribution >= 0.6 is 0 Å². The number of ether oxygens (including phenoxy) is 1. The van der Waals surface area contributed by atoms with Crippen LogP contribution in [0.3, 0.4) is 0 Å². The predicted molar refractivity (Wildman–Crippen MR) is 79.1 cm³/mol. The molecule has 1 aromatic rings. The summed E-state index contributed by atoms with van der Waals surface area (Å²) < 4.78 is 10.4. The number of rotatable bonds is 1. The van der Waals surface area contributed by atoms with Crippen LogP contribution < -0.4 is 0 Å². The number of piperidine rings is 2. The van der Waals surface area contributed by atoms with E-state index in [0.29, 0.717) is 18.4 Å². The lowest BCUT2D eigenvalue weighted by atomic mass is 9.73. The number of aliphatic hydroxyl groups is 1. The summed E-state index contributed by atoms with van der Waals surface area (Å²) in [7, 11) is 0. The van der Waals surface area contributed by atoms with E-state index >= 15 is 0 Å². The number of carbonyl (C=O) groups is 1. The van der Waals surface area contributed by atoms with E-state index in [0.717, 1.165) is 19.3 Å². The number of carbonyl (C=O) groups excluding carboxylic acids is 1. The molecule has 0 aliphatic carbocycles. The largest absolute Gasteiger partial charge is 0.444 e. The molecule has 1 aromatic heterocycles. The van der Waals surface area contributed by atoms with Gasteiger partial charge in [-0.1, -0.05) is 5.16 Å². The van der Waals surface area contributed by atoms with Gasteiger partial charge in [0.1, 0.15) is 11.9 Å². The van der Waals surface area contributed by atoms with Gasteiger partial charge in [-0.05, 0) is 40.0 Å². The molecule has 3 rings (SSSR count). The van der Waals surface area contributed by atoms with Crippen LogP contribution in [0.4, 0.5) is 4.79 Å². The van der Waals surface area contributed by atoms with Crippen molar-refractivity contribution in [3.63, 3.8) is 0 Å². The lowest BCUT2D eigenvalue weighted by Crippen LogP contribution is -2.59. The number of nitrogens with zero attached hydrogens (tertiary/aromatic N) is 2. The summed E-state index contributed by atoms with van der Waals surface area (Å²) in [5.74, 6) is 0. The Kier molecular flexibility index (Phi) is 3.67. The summed E-state index contributed by atoms with van der Waals surface area (Å²) in [4.78, 5) is 14.4. The van der Waals surface area contributed by atoms with Crippen molar-refractivity contribution in [2.24, 2.45) is 0 Å². The Bertz CT molecular complexity index is 521. The first kappa shape index (κ1) is 15.3. The highest BCUT2D eigenvalue weighted by molar-refractivity contribution is 5.69. The van der Waals surface area contributed by atoms with Crippen molar-refractivity contribution in [2.75, 3.05) is 0 Å². The second-order valence-electron chi connectivity index (χ2n) is 7.48. The van der Waals surface area contributed by atoms with E-state index in [1.165, 1.54) is 6.26 Å². The molecule has 122 valence electrons. The van der Waals surface area contributed by atoms with E-state index in [1.54, 1.807) is 6.20 Å². The van der Waals surface area contributed by atoms with Gasteiger partial charge in [0.2, 0.25) is 0 Å². The Morgan fingerprint density at radius 3 is 2.55 bits per heavy atom. The van der Waals surface area contributed by atoms with Gasteiger partial charge in [0, 0.05) is 30.5 Å². The van der Waals surface area contributed by atoms with Crippen molar-refractivity contribution in [1.82, 2.24) is 10.1 Å². The van der Waals surface area contributed by atoms with Crippen molar-refractivity contribution >= 4 is 6.09 Å². The maximum atomic E-state index is 12.5. The van der Waals surface area contributed by atoms with E-state index in [9.17, 15) is 9.90 Å². The average molecular weight is 308 g/mol. The molecule has 2 aliphatic rings. The molecule has 2 unspecified atom stereocenters. The first-order valence-electron chi connectivity index (χ1n) is 7.92. The monoisotopic (exact) mass is 308 g/mol. The lowest BCUT2D eigenvalue weighted by molar-refractivity contribution is -0.0967. The third kappa shape index (κ3) is 2.84. The molecule has 0 aromatic carbocycles. The smallest absolute Gasteiger partial charge is 0.410 e. The third-order valence-corrected chi connectivity index (χ3v) is 4.58. The molecule has 1 N–H and O–H groups in total. The quantitative estimate of drug-likeness (QED) is 0.863. The second kappa shape index (κ2) is 5.26. The predicted octanol–water partition coefficient (Wildman–Crippen LogP) is 2.81. The maximum Gasteiger partial charge on any atom is 0.410 e. The molecule has 6 nitrogen and oxygen atoms in total. The molecule has 2 fully saturated rings. The molecule has 2 saturated heterocycles. The second-order valence-corrected chi connectivity index (χ2v) is 7.48. The Balaban J connectivity index is 1.81. The van der Waals surface area contributed by atoms with Crippen LogP contribution in [0.15, 0.2) is 17.0 Å². The average Bonchev–Trinajstić information content (AvgIpc) is 2.89. The van der Waals surface area contributed by atoms with Gasteiger partial charge < -0.3 is 19.3 Å². The van der Waals surface area contributed by atoms with Gasteiger partial charge in [-0.15, -0.1) is 0 Å². The Labute approximate surface area is 130 Å². The Morgan fingerprint density at radius 2 is 2.05 bits per heavy atom. The molecule has 3 heterocycles. The lowest BCUT2D eigenvalue weighted by Gasteiger charge is -2.51. The van der Waals surface area contributed by atoms with Crippen LogP contribution in [-0.4, -0.2) is 38.9 Å². The summed E-state index contributed by atoms with van der Waals surface area (Å²) in [6.07, 6.45) is 6.67. The highest BCUT2D eigenvalue weighted by atomic mass is 16.6. The van der Waals surface area contributed by atoms with Crippen LogP contribution in [0, 0.1) is 0 Å². The van der Waals surface area contributed by atoms with Crippen molar-refractivity contribution < 1.29 is 19.2 Å². The highest BCUT2D eigenvalue weighted by Crippen LogP contribution is 2.44. The Hall–Kier alpha value is -1.56. The zero-order valence-electron chi connectivity index (χ0n) is 13.4. The minimum absolute atomic E-state index is 0.00208. The summed E-state index contributed by atoms with van der Waals surface area (Å²) >= 11 is 0. The summed E-state index contributed by atoms with van der Waals surface area (Å²) in [6, 6.07) is 0.00417. The summed E-state index contributed by atoms with van der Waals surface area (Å²) in [5.41, 5.74) is -0.768. The van der Waals surface area contributed by atoms with Crippen molar-refractivity contribution in [2.45, 2.75) is 76.2 Å². The van der Waals surface area contributed by atoms with Crippen LogP contribution in [0.1, 0.15) is 58.4 Å². The molecule has 22 heavy (non-hydrogen) atoms. The molecule has 2 atom stereocenters. The fraction of sp³-hybridized carbons (Fsp3) is 0.750. The van der Waals surface area contributed by atoms with Crippen LogP contribution in [0.2, 0.25) is 0 Å². The zero-order valence-corrected chi connectivity index (χ0v) is 13.4. The molecule has 2 bridgehead atoms. The molecule has 0 saturated carbocycles. The fourth-order valence-corrected chi connectivity index (χ4v) is 3.71. The van der Waals surface area contributed by atoms with Gasteiger partial charge in [-0.2, -0.15) is 0 Å². The van der Waals surface area contributed by atoms with Gasteiger partial charge in [-0.3, -0.25) is 0 Å². The molecule has 2 aliphatic heterocycles. The minimum Gasteiger partial charge on any atom is -0.444 e. The van der Waals surface area contributed by atoms with Gasteiger partial charge >= 0.3 is 6.09 Å². The standard InChI is InChI=1S/C16H24N2O4/c1-15(2,3)22-14(19)18-12-5-4-6-13(18)8-16(20,7-12)11-9-17-21-10-11/h9-10,12-13,20H,4-8H2,1-3H3. The highest BCUT2D eigenvalue weighted by Gasteiger charge is 2.49. The van der Waals surface area contributed by atoms with Crippen LogP contribution in [-0.2, 0) is 10.3 Å². The van der Waals surface area contributed by atoms with Crippen molar-refractivity contribution in [1.29, 1.82) is 0 Å². The first-order chi connectivity index (χ1) is 10.3. The summed E-state index contributed by atoms with van der Waals surface area (Å²) in [6.45, 7) is 5.62. The Morgan fingerprint density at radius 1 is 1.41 bits per heavy atom. The topological polar surface area (TPSA) is 75.8 Å². The SMILES string of the molecule is CC(C)(C)OC(=O)N1C2CCCC1CC(O)(c1cnoc1)C2. The number of aromatic nitrogens is 1. The number of fused-ring (bicyclic) bond motifs is 2. The van der Waals surface area contributed by atoms with Gasteiger partial charge in [-0.25, -0.2) is 4.79 Å². The molecule has 1 amide bonds. The van der Waals surface area contributed by atoms with Crippen LogP contribution in [0.5, 0.6) is 0 Å². The molecule has 0 radical (unpaired) electrons. The van der Waals surface area contributed by atoms with E-state index in [-0.39, 0.29) is 18.2 Å². The van der Waals surface area contributed by atoms with Crippen molar-refractivity contribution in [3.8, 4) is 0 Å². The normalized spacial score (nSPS) is 31.9. The van der Waals surface area contributed by atoms with Gasteiger partial charge in [0.25, 0.3) is 0 Å². The van der Waals surface area contributed by atoms with Crippen molar-refractivity contribution in [3.05, 3.63) is 18.0 Å². The maximum absolute atomic E-state index is 12.5. The summed E-state index contributed by atoms with van der Waals surface area (Å²) in [5, 5.41) is 14.7. The number of hydrogen-bond acceptors (Lipinski definition) is 5. The van der Waals surface area contributed by atoms with Gasteiger partial charge in [0.15, 0.2) is 0 Å². The molecular weight excluding hydrogens is 284 g/mol. The van der Waals surface area contributed by atoms with E-state index in [1.807, 2.05) is 25.7 Å². The minimum atomic E-state index is -0.964. The molecule has 0 spiro atoms. The van der Waals surface area contributed by atoms with E-state index in [2.05, 4.69) is 5.16 Å².